The molecule has 0 aliphatic heterocycles. The van der Waals surface area contributed by atoms with Gasteiger partial charge in [-0.15, -0.1) is 0 Å². The second-order valence-corrected chi connectivity index (χ2v) is 7.70. The molecule has 0 spiro atoms. The maximum absolute atomic E-state index is 14.2. The summed E-state index contributed by atoms with van der Waals surface area (Å²) in [6, 6.07) is 2.36. The summed E-state index contributed by atoms with van der Waals surface area (Å²) in [6.45, 7) is 5.86. The fraction of sp³-hybridized carbons (Fsp3) is 0.611. The van der Waals surface area contributed by atoms with Crippen molar-refractivity contribution in [1.29, 1.82) is 0 Å². The average molecular weight is 340 g/mol. The number of halogens is 2. The maximum Gasteiger partial charge on any atom is 0.317 e. The van der Waals surface area contributed by atoms with E-state index in [-0.39, 0.29) is 18.0 Å². The largest absolute Gasteiger partial charge is 0.391 e. The van der Waals surface area contributed by atoms with Crippen LogP contribution in [-0.2, 0) is 0 Å². The molecule has 1 aliphatic rings. The standard InChI is InChI=1S/C18H26F2N2O2/c1-18(2,3)16(13-8-7-12(19)9-14(13)20)21-17(24)22(4)10-15(23)11-5-6-11/h7-9,11,15-16,23H,5-6,10H2,1-4H3,(H,21,24). The zero-order chi connectivity index (χ0) is 18.1. The van der Waals surface area contributed by atoms with Crippen LogP contribution in [0.5, 0.6) is 0 Å². The Bertz CT molecular complexity index is 597. The van der Waals surface area contributed by atoms with Crippen LogP contribution in [0.2, 0.25) is 0 Å². The van der Waals surface area contributed by atoms with E-state index in [2.05, 4.69) is 5.32 Å². The smallest absolute Gasteiger partial charge is 0.317 e. The van der Waals surface area contributed by atoms with Gasteiger partial charge in [-0.1, -0.05) is 26.8 Å². The molecule has 0 aromatic heterocycles. The van der Waals surface area contributed by atoms with E-state index in [1.807, 2.05) is 20.8 Å². The Morgan fingerprint density at radius 1 is 1.38 bits per heavy atom. The number of aliphatic hydroxyl groups excluding tert-OH is 1. The number of hydrogen-bond acceptors (Lipinski definition) is 2. The van der Waals surface area contributed by atoms with Crippen molar-refractivity contribution in [3.05, 3.63) is 35.4 Å². The highest BCUT2D eigenvalue weighted by Gasteiger charge is 2.33. The molecular weight excluding hydrogens is 314 g/mol. The maximum atomic E-state index is 14.2. The summed E-state index contributed by atoms with van der Waals surface area (Å²) in [5, 5.41) is 12.8. The van der Waals surface area contributed by atoms with Crippen molar-refractivity contribution in [2.45, 2.75) is 45.8 Å². The lowest BCUT2D eigenvalue weighted by Crippen LogP contribution is -2.46. The Morgan fingerprint density at radius 2 is 2.00 bits per heavy atom. The van der Waals surface area contributed by atoms with Crippen LogP contribution < -0.4 is 5.32 Å². The first-order valence-corrected chi connectivity index (χ1v) is 8.24. The molecule has 0 radical (unpaired) electrons. The van der Waals surface area contributed by atoms with Crippen molar-refractivity contribution in [1.82, 2.24) is 10.2 Å². The van der Waals surface area contributed by atoms with Gasteiger partial charge >= 0.3 is 6.03 Å². The fourth-order valence-electron chi connectivity index (χ4n) is 2.72. The minimum atomic E-state index is -0.684. The monoisotopic (exact) mass is 340 g/mol. The SMILES string of the molecule is CN(CC(O)C1CC1)C(=O)NC(c1ccc(F)cc1F)C(C)(C)C. The van der Waals surface area contributed by atoms with Gasteiger partial charge in [-0.25, -0.2) is 13.6 Å². The molecule has 1 aliphatic carbocycles. The first-order chi connectivity index (χ1) is 11.1. The predicted molar refractivity (Wildman–Crippen MR) is 88.4 cm³/mol. The van der Waals surface area contributed by atoms with Gasteiger partial charge in [0.15, 0.2) is 0 Å². The second-order valence-electron chi connectivity index (χ2n) is 7.70. The lowest BCUT2D eigenvalue weighted by molar-refractivity contribution is 0.110. The fourth-order valence-corrected chi connectivity index (χ4v) is 2.72. The lowest BCUT2D eigenvalue weighted by atomic mass is 9.82. The first-order valence-electron chi connectivity index (χ1n) is 8.24. The van der Waals surface area contributed by atoms with Crippen molar-refractivity contribution in [2.24, 2.45) is 11.3 Å². The van der Waals surface area contributed by atoms with E-state index in [9.17, 15) is 18.7 Å². The summed E-state index contributed by atoms with van der Waals surface area (Å²) in [4.78, 5) is 13.8. The van der Waals surface area contributed by atoms with Crippen LogP contribution in [0.1, 0.15) is 45.2 Å². The molecule has 2 amide bonds. The molecule has 24 heavy (non-hydrogen) atoms. The Balaban J connectivity index is 2.12. The molecule has 2 rings (SSSR count). The normalized spacial score (nSPS) is 17.3. The number of nitrogens with zero attached hydrogens (tertiary/aromatic N) is 1. The van der Waals surface area contributed by atoms with Crippen molar-refractivity contribution in [3.63, 3.8) is 0 Å². The summed E-state index contributed by atoms with van der Waals surface area (Å²) in [7, 11) is 1.60. The highest BCUT2D eigenvalue weighted by Crippen LogP contribution is 2.35. The molecule has 1 fully saturated rings. The molecule has 2 N–H and O–H groups in total. The topological polar surface area (TPSA) is 52.6 Å². The van der Waals surface area contributed by atoms with E-state index < -0.39 is 35.2 Å². The van der Waals surface area contributed by atoms with Gasteiger partial charge in [-0.3, -0.25) is 0 Å². The number of nitrogens with one attached hydrogen (secondary N) is 1. The van der Waals surface area contributed by atoms with E-state index >= 15 is 0 Å². The van der Waals surface area contributed by atoms with Crippen LogP contribution >= 0.6 is 0 Å². The quantitative estimate of drug-likeness (QED) is 0.862. The number of benzene rings is 1. The van der Waals surface area contributed by atoms with E-state index in [0.717, 1.165) is 18.9 Å². The van der Waals surface area contributed by atoms with E-state index in [1.54, 1.807) is 7.05 Å². The van der Waals surface area contributed by atoms with Gasteiger partial charge in [-0.05, 0) is 30.2 Å². The molecule has 1 aromatic rings. The third-order valence-electron chi connectivity index (χ3n) is 4.38. The molecule has 4 nitrogen and oxygen atoms in total. The zero-order valence-corrected chi connectivity index (χ0v) is 14.6. The van der Waals surface area contributed by atoms with Gasteiger partial charge in [0.25, 0.3) is 0 Å². The van der Waals surface area contributed by atoms with Crippen LogP contribution in [-0.4, -0.2) is 35.7 Å². The number of likely N-dealkylation sites (N-methyl/N-ethyl adjacent to an activating group) is 1. The number of hydrogen-bond donors (Lipinski definition) is 2. The molecule has 2 atom stereocenters. The number of carbonyl (C=O) groups excluding carboxylic acids is 1. The molecule has 0 saturated heterocycles. The Labute approximate surface area is 141 Å². The van der Waals surface area contributed by atoms with Crippen molar-refractivity contribution in [2.75, 3.05) is 13.6 Å². The average Bonchev–Trinajstić information content (AvgIpc) is 3.28. The third-order valence-corrected chi connectivity index (χ3v) is 4.38. The molecule has 2 unspecified atom stereocenters. The van der Waals surface area contributed by atoms with Crippen LogP contribution in [0.3, 0.4) is 0 Å². The molecule has 134 valence electrons. The number of aliphatic hydroxyl groups is 1. The molecule has 6 heteroatoms. The minimum absolute atomic E-state index is 0.235. The first kappa shape index (κ1) is 18.6. The van der Waals surface area contributed by atoms with Crippen LogP contribution in [0, 0.1) is 23.0 Å². The van der Waals surface area contributed by atoms with Crippen molar-refractivity contribution >= 4 is 6.03 Å². The third kappa shape index (κ3) is 4.66. The summed E-state index contributed by atoms with van der Waals surface area (Å²) < 4.78 is 27.3. The Hall–Kier alpha value is -1.69. The summed E-state index contributed by atoms with van der Waals surface area (Å²) >= 11 is 0. The number of rotatable bonds is 5. The number of amides is 2. The second kappa shape index (κ2) is 7.05. The molecule has 0 bridgehead atoms. The van der Waals surface area contributed by atoms with Gasteiger partial charge in [0.2, 0.25) is 0 Å². The predicted octanol–water partition coefficient (Wildman–Crippen LogP) is 3.46. The van der Waals surface area contributed by atoms with E-state index in [4.69, 9.17) is 0 Å². The van der Waals surface area contributed by atoms with Crippen LogP contribution in [0.15, 0.2) is 18.2 Å². The lowest BCUT2D eigenvalue weighted by Gasteiger charge is -2.34. The van der Waals surface area contributed by atoms with Crippen LogP contribution in [0.25, 0.3) is 0 Å². The highest BCUT2D eigenvalue weighted by atomic mass is 19.1. The van der Waals surface area contributed by atoms with E-state index in [1.165, 1.54) is 17.0 Å². The van der Waals surface area contributed by atoms with Crippen molar-refractivity contribution < 1.29 is 18.7 Å². The molecule has 1 aromatic carbocycles. The molecule has 0 heterocycles. The summed E-state index contributed by atoms with van der Waals surface area (Å²) in [6.07, 6.45) is 1.45. The summed E-state index contributed by atoms with van der Waals surface area (Å²) in [5.41, 5.74) is -0.224. The highest BCUT2D eigenvalue weighted by molar-refractivity contribution is 5.74. The van der Waals surface area contributed by atoms with Crippen LogP contribution in [0.4, 0.5) is 13.6 Å². The van der Waals surface area contributed by atoms with Crippen molar-refractivity contribution in [3.8, 4) is 0 Å². The number of urea groups is 1. The zero-order valence-electron chi connectivity index (χ0n) is 14.6. The van der Waals surface area contributed by atoms with Gasteiger partial charge < -0.3 is 15.3 Å². The van der Waals surface area contributed by atoms with Gasteiger partial charge in [0.05, 0.1) is 12.1 Å². The van der Waals surface area contributed by atoms with Gasteiger partial charge in [0.1, 0.15) is 11.6 Å². The van der Waals surface area contributed by atoms with E-state index in [0.29, 0.717) is 0 Å². The summed E-state index contributed by atoms with van der Waals surface area (Å²) in [5.74, 6) is -1.07. The molecular formula is C18H26F2N2O2. The van der Waals surface area contributed by atoms with Gasteiger partial charge in [-0.2, -0.15) is 0 Å². The molecule has 1 saturated carbocycles. The Morgan fingerprint density at radius 3 is 2.50 bits per heavy atom. The van der Waals surface area contributed by atoms with Gasteiger partial charge in [0, 0.05) is 25.2 Å². The minimum Gasteiger partial charge on any atom is -0.391 e. The number of carbonyl (C=O) groups is 1. The Kier molecular flexibility index (Phi) is 5.48.